The Kier molecular flexibility index (Phi) is 7.66. The monoisotopic (exact) mass is 637 g/mol. The Morgan fingerprint density at radius 1 is 0.978 bits per heavy atom. The molecule has 0 bridgehead atoms. The topological polar surface area (TPSA) is 89.2 Å². The molecule has 240 valence electrons. The van der Waals surface area contributed by atoms with Gasteiger partial charge >= 0.3 is 0 Å². The van der Waals surface area contributed by atoms with Crippen molar-refractivity contribution in [3.8, 4) is 11.4 Å². The fraction of sp³-hybridized carbons (Fsp3) is 0.417. The molecule has 1 atom stereocenters. The first kappa shape index (κ1) is 30.5. The van der Waals surface area contributed by atoms with Crippen LogP contribution in [0.5, 0.6) is 0 Å². The van der Waals surface area contributed by atoms with Crippen LogP contribution >= 0.6 is 0 Å². The number of rotatable bonds is 6. The van der Waals surface area contributed by atoms with Crippen molar-refractivity contribution in [2.45, 2.75) is 71.2 Å². The Morgan fingerprint density at radius 2 is 1.76 bits per heavy atom. The first-order chi connectivity index (χ1) is 22.0. The molecule has 0 spiro atoms. The number of fused-ring (bicyclic) bond motifs is 2. The Morgan fingerprint density at radius 3 is 2.48 bits per heavy atom. The highest BCUT2D eigenvalue weighted by Crippen LogP contribution is 2.37. The predicted molar refractivity (Wildman–Crippen MR) is 184 cm³/mol. The summed E-state index contributed by atoms with van der Waals surface area (Å²) in [6.07, 6.45) is 4.87. The third kappa shape index (κ3) is 5.26. The molecule has 2 aliphatic heterocycles. The van der Waals surface area contributed by atoms with Crippen LogP contribution in [0.2, 0.25) is 0 Å². The molecule has 2 aromatic carbocycles. The predicted octanol–water partition coefficient (Wildman–Crippen LogP) is 6.61. The molecule has 0 N–H and O–H groups in total. The second-order valence-corrected chi connectivity index (χ2v) is 15.3. The van der Waals surface area contributed by atoms with E-state index in [1.54, 1.807) is 18.3 Å². The van der Waals surface area contributed by atoms with Crippen LogP contribution in [0, 0.1) is 19.8 Å². The largest absolute Gasteiger partial charge is 0.356 e. The Hall–Kier alpha value is -4.18. The zero-order valence-corrected chi connectivity index (χ0v) is 28.5. The number of hydrogen-bond acceptors (Lipinski definition) is 7. The van der Waals surface area contributed by atoms with E-state index in [4.69, 9.17) is 15.1 Å². The summed E-state index contributed by atoms with van der Waals surface area (Å²) in [5.41, 5.74) is 6.73. The van der Waals surface area contributed by atoms with E-state index in [2.05, 4.69) is 36.6 Å². The Bertz CT molecular complexity index is 2040. The number of piperidine rings is 1. The summed E-state index contributed by atoms with van der Waals surface area (Å²) >= 11 is 0. The smallest absolute Gasteiger partial charge is 0.268 e. The van der Waals surface area contributed by atoms with Crippen LogP contribution < -0.4 is 9.80 Å². The van der Waals surface area contributed by atoms with Gasteiger partial charge in [-0.3, -0.25) is 4.68 Å². The normalized spacial score (nSPS) is 17.2. The molecule has 5 aromatic rings. The first-order valence-electron chi connectivity index (χ1n) is 16.4. The lowest BCUT2D eigenvalue weighted by molar-refractivity contribution is 0.443. The molecule has 0 aliphatic carbocycles. The fourth-order valence-corrected chi connectivity index (χ4v) is 8.49. The molecule has 7 rings (SSSR count). The molecule has 2 aliphatic rings. The molecule has 10 heteroatoms. The maximum Gasteiger partial charge on any atom is 0.268 e. The van der Waals surface area contributed by atoms with E-state index >= 15 is 0 Å². The van der Waals surface area contributed by atoms with Crippen LogP contribution in [0.25, 0.3) is 22.3 Å². The van der Waals surface area contributed by atoms with Gasteiger partial charge in [-0.2, -0.15) is 5.10 Å². The zero-order chi connectivity index (χ0) is 32.3. The number of benzene rings is 2. The highest BCUT2D eigenvalue weighted by Gasteiger charge is 2.30. The second kappa shape index (κ2) is 11.6. The van der Waals surface area contributed by atoms with Gasteiger partial charge in [0.2, 0.25) is 0 Å². The van der Waals surface area contributed by atoms with Crippen LogP contribution in [0.4, 0.5) is 11.6 Å². The van der Waals surface area contributed by atoms with Crippen molar-refractivity contribution in [3.05, 3.63) is 82.8 Å². The summed E-state index contributed by atoms with van der Waals surface area (Å²) < 4.78 is 31.1. The van der Waals surface area contributed by atoms with Crippen LogP contribution in [0.15, 0.2) is 59.6 Å². The molecule has 1 fully saturated rings. The number of hydrogen-bond donors (Lipinski definition) is 0. The van der Waals surface area contributed by atoms with Crippen LogP contribution in [-0.4, -0.2) is 51.8 Å². The van der Waals surface area contributed by atoms with Gasteiger partial charge in [0, 0.05) is 68.4 Å². The summed E-state index contributed by atoms with van der Waals surface area (Å²) in [5, 5.41) is 5.65. The number of aromatic nitrogens is 5. The summed E-state index contributed by atoms with van der Waals surface area (Å²) in [4.78, 5) is 15.7. The SMILES string of the molecule is Cc1ccc(S(=O)(=O)n2cc(C)c3c(-c4nc5c(c(N6CCC[C@H](C)C6)n4)CN(c4cc(C(C)C)nn4C)CC5)cccc32)cc1. The van der Waals surface area contributed by atoms with Crippen molar-refractivity contribution in [3.63, 3.8) is 0 Å². The van der Waals surface area contributed by atoms with E-state index in [1.807, 2.05) is 55.9 Å². The van der Waals surface area contributed by atoms with Gasteiger partial charge in [-0.15, -0.1) is 0 Å². The molecule has 5 heterocycles. The van der Waals surface area contributed by atoms with Crippen molar-refractivity contribution in [2.24, 2.45) is 13.0 Å². The van der Waals surface area contributed by atoms with Gasteiger partial charge < -0.3 is 9.80 Å². The molecular formula is C36H43N7O2S. The molecule has 0 saturated carbocycles. The molecule has 3 aromatic heterocycles. The van der Waals surface area contributed by atoms with Gasteiger partial charge in [-0.1, -0.05) is 50.6 Å². The second-order valence-electron chi connectivity index (χ2n) is 13.5. The number of aryl methyl sites for hydroxylation is 3. The van der Waals surface area contributed by atoms with E-state index in [0.717, 1.165) is 84.1 Å². The van der Waals surface area contributed by atoms with E-state index < -0.39 is 10.0 Å². The van der Waals surface area contributed by atoms with Gasteiger partial charge in [0.25, 0.3) is 10.0 Å². The summed E-state index contributed by atoms with van der Waals surface area (Å²) in [6.45, 7) is 14.1. The average Bonchev–Trinajstić information content (AvgIpc) is 3.61. The zero-order valence-electron chi connectivity index (χ0n) is 27.7. The molecule has 9 nitrogen and oxygen atoms in total. The van der Waals surface area contributed by atoms with Crippen LogP contribution in [0.1, 0.15) is 67.6 Å². The van der Waals surface area contributed by atoms with Gasteiger partial charge in [-0.05, 0) is 62.3 Å². The Balaban J connectivity index is 1.35. The van der Waals surface area contributed by atoms with Gasteiger partial charge in [0.1, 0.15) is 11.6 Å². The van der Waals surface area contributed by atoms with Crippen molar-refractivity contribution < 1.29 is 8.42 Å². The third-order valence-electron chi connectivity index (χ3n) is 9.59. The van der Waals surface area contributed by atoms with Crippen molar-refractivity contribution in [1.82, 2.24) is 23.7 Å². The highest BCUT2D eigenvalue weighted by molar-refractivity contribution is 7.90. The minimum absolute atomic E-state index is 0.269. The van der Waals surface area contributed by atoms with Crippen molar-refractivity contribution in [2.75, 3.05) is 29.4 Å². The van der Waals surface area contributed by atoms with E-state index in [0.29, 0.717) is 23.2 Å². The lowest BCUT2D eigenvalue weighted by Crippen LogP contribution is -2.39. The highest BCUT2D eigenvalue weighted by atomic mass is 32.2. The third-order valence-corrected chi connectivity index (χ3v) is 11.3. The molecule has 1 saturated heterocycles. The number of anilines is 2. The quantitative estimate of drug-likeness (QED) is 0.207. The van der Waals surface area contributed by atoms with E-state index in [9.17, 15) is 8.42 Å². The maximum atomic E-state index is 13.8. The maximum absolute atomic E-state index is 13.8. The Labute approximate surface area is 271 Å². The molecular weight excluding hydrogens is 595 g/mol. The van der Waals surface area contributed by atoms with Gasteiger partial charge in [0.15, 0.2) is 5.82 Å². The first-order valence-corrected chi connectivity index (χ1v) is 17.8. The van der Waals surface area contributed by atoms with Crippen LogP contribution in [0.3, 0.4) is 0 Å². The van der Waals surface area contributed by atoms with E-state index in [-0.39, 0.29) is 4.90 Å². The lowest BCUT2D eigenvalue weighted by atomic mass is 9.98. The lowest BCUT2D eigenvalue weighted by Gasteiger charge is -2.37. The standard InChI is InChI=1S/C36H43N7O2S/c1-23(2)31-19-33(40(6)39-31)41-18-16-30-29(22-41)36(42-17-8-9-25(4)20-42)38-35(37-30)28-10-7-11-32-34(28)26(5)21-43(32)46(44,45)27-14-12-24(3)13-15-27/h7,10-15,19,21,23,25H,8-9,16-18,20,22H2,1-6H3/t25-/m0/s1. The van der Waals surface area contributed by atoms with Crippen molar-refractivity contribution in [1.29, 1.82) is 0 Å². The number of nitrogens with zero attached hydrogens (tertiary/aromatic N) is 7. The molecule has 0 unspecified atom stereocenters. The minimum Gasteiger partial charge on any atom is -0.356 e. The van der Waals surface area contributed by atoms with Gasteiger partial charge in [-0.25, -0.2) is 22.4 Å². The molecule has 0 radical (unpaired) electrons. The summed E-state index contributed by atoms with van der Waals surface area (Å²) in [6, 6.07) is 15.0. The van der Waals surface area contributed by atoms with Crippen LogP contribution in [-0.2, 0) is 30.0 Å². The van der Waals surface area contributed by atoms with Gasteiger partial charge in [0.05, 0.1) is 21.8 Å². The van der Waals surface area contributed by atoms with Crippen molar-refractivity contribution >= 4 is 32.6 Å². The average molecular weight is 638 g/mol. The fourth-order valence-electron chi connectivity index (χ4n) is 7.07. The summed E-state index contributed by atoms with van der Waals surface area (Å²) in [5.74, 6) is 3.72. The van der Waals surface area contributed by atoms with E-state index in [1.165, 1.54) is 16.0 Å². The summed E-state index contributed by atoms with van der Waals surface area (Å²) in [7, 11) is -1.77. The molecule has 0 amide bonds. The molecule has 46 heavy (non-hydrogen) atoms. The minimum atomic E-state index is -3.79.